The second-order valence-electron chi connectivity index (χ2n) is 6.99. The van der Waals surface area contributed by atoms with Gasteiger partial charge in [0.05, 0.1) is 10.4 Å². The van der Waals surface area contributed by atoms with Crippen molar-refractivity contribution in [3.63, 3.8) is 0 Å². The SMILES string of the molecule is C=C/C(=C1/C=CNC1=NC)N1CCCN(C(=O)c2cccs2)C2(CC2)C1. The van der Waals surface area contributed by atoms with Crippen LogP contribution in [0.25, 0.3) is 0 Å². The van der Waals surface area contributed by atoms with Gasteiger partial charge in [0.25, 0.3) is 5.91 Å². The first kappa shape index (κ1) is 17.1. The van der Waals surface area contributed by atoms with Crippen LogP contribution in [-0.4, -0.2) is 53.8 Å². The van der Waals surface area contributed by atoms with Crippen molar-refractivity contribution in [2.24, 2.45) is 4.99 Å². The molecule has 5 nitrogen and oxygen atoms in total. The second-order valence-corrected chi connectivity index (χ2v) is 7.93. The highest BCUT2D eigenvalue weighted by Crippen LogP contribution is 2.45. The Kier molecular flexibility index (Phi) is 4.44. The molecule has 0 aromatic carbocycles. The molecule has 0 unspecified atom stereocenters. The van der Waals surface area contributed by atoms with Crippen LogP contribution in [0.3, 0.4) is 0 Å². The maximum Gasteiger partial charge on any atom is 0.264 e. The van der Waals surface area contributed by atoms with Gasteiger partial charge in [0.2, 0.25) is 0 Å². The van der Waals surface area contributed by atoms with Crippen molar-refractivity contribution in [2.45, 2.75) is 24.8 Å². The Morgan fingerprint density at radius 2 is 2.27 bits per heavy atom. The first-order valence-electron chi connectivity index (χ1n) is 9.06. The number of nitrogens with zero attached hydrogens (tertiary/aromatic N) is 3. The van der Waals surface area contributed by atoms with Crippen molar-refractivity contribution in [1.29, 1.82) is 0 Å². The van der Waals surface area contributed by atoms with Crippen molar-refractivity contribution < 1.29 is 4.79 Å². The van der Waals surface area contributed by atoms with Crippen LogP contribution in [0, 0.1) is 0 Å². The van der Waals surface area contributed by atoms with Crippen LogP contribution in [0.1, 0.15) is 28.9 Å². The number of nitrogens with one attached hydrogen (secondary N) is 1. The lowest BCUT2D eigenvalue weighted by Crippen LogP contribution is -2.46. The van der Waals surface area contributed by atoms with E-state index in [9.17, 15) is 4.79 Å². The molecule has 26 heavy (non-hydrogen) atoms. The smallest absolute Gasteiger partial charge is 0.264 e. The largest absolute Gasteiger partial charge is 0.369 e. The molecular weight excluding hydrogens is 344 g/mol. The van der Waals surface area contributed by atoms with E-state index in [4.69, 9.17) is 0 Å². The maximum absolute atomic E-state index is 13.0. The number of carbonyl (C=O) groups excluding carboxylic acids is 1. The number of hydrogen-bond donors (Lipinski definition) is 1. The lowest BCUT2D eigenvalue weighted by atomic mass is 10.1. The minimum Gasteiger partial charge on any atom is -0.369 e. The average molecular weight is 369 g/mol. The molecule has 1 aliphatic carbocycles. The highest BCUT2D eigenvalue weighted by Gasteiger charge is 2.52. The summed E-state index contributed by atoms with van der Waals surface area (Å²) in [5.41, 5.74) is 2.14. The Morgan fingerprint density at radius 1 is 1.42 bits per heavy atom. The Bertz CT molecular complexity index is 802. The summed E-state index contributed by atoms with van der Waals surface area (Å²) in [5, 5.41) is 5.16. The Hall–Kier alpha value is -2.34. The molecule has 136 valence electrons. The van der Waals surface area contributed by atoms with Gasteiger partial charge in [-0.3, -0.25) is 9.79 Å². The van der Waals surface area contributed by atoms with Crippen molar-refractivity contribution in [1.82, 2.24) is 15.1 Å². The van der Waals surface area contributed by atoms with Gasteiger partial charge in [-0.1, -0.05) is 12.6 Å². The molecule has 4 rings (SSSR count). The summed E-state index contributed by atoms with van der Waals surface area (Å²) in [6, 6.07) is 3.88. The number of allylic oxidation sites excluding steroid dienone is 1. The summed E-state index contributed by atoms with van der Waals surface area (Å²) in [5.74, 6) is 1.06. The van der Waals surface area contributed by atoms with E-state index in [-0.39, 0.29) is 11.4 Å². The molecule has 0 atom stereocenters. The van der Waals surface area contributed by atoms with E-state index in [1.807, 2.05) is 29.8 Å². The molecule has 1 aromatic heterocycles. The van der Waals surface area contributed by atoms with E-state index in [1.54, 1.807) is 7.05 Å². The number of carbonyl (C=O) groups is 1. The molecule has 2 aliphatic heterocycles. The summed E-state index contributed by atoms with van der Waals surface area (Å²) in [6.45, 7) is 6.65. The summed E-state index contributed by atoms with van der Waals surface area (Å²) in [4.78, 5) is 22.7. The molecule has 3 aliphatic rings. The molecule has 3 heterocycles. The van der Waals surface area contributed by atoms with Crippen LogP contribution in [0.15, 0.2) is 58.7 Å². The monoisotopic (exact) mass is 368 g/mol. The Labute approximate surface area is 158 Å². The fraction of sp³-hybridized carbons (Fsp3) is 0.400. The van der Waals surface area contributed by atoms with Gasteiger partial charge in [-0.05, 0) is 42.9 Å². The van der Waals surface area contributed by atoms with E-state index in [1.165, 1.54) is 11.3 Å². The van der Waals surface area contributed by atoms with Crippen molar-refractivity contribution in [2.75, 3.05) is 26.7 Å². The van der Waals surface area contributed by atoms with Crippen molar-refractivity contribution in [3.8, 4) is 0 Å². The van der Waals surface area contributed by atoms with Gasteiger partial charge < -0.3 is 15.1 Å². The number of amidine groups is 1. The van der Waals surface area contributed by atoms with Crippen LogP contribution < -0.4 is 5.32 Å². The van der Waals surface area contributed by atoms with Gasteiger partial charge in [-0.15, -0.1) is 11.3 Å². The quantitative estimate of drug-likeness (QED) is 0.892. The number of rotatable bonds is 3. The zero-order valence-corrected chi connectivity index (χ0v) is 15.9. The molecule has 1 saturated heterocycles. The number of aliphatic imine (C=N–C) groups is 1. The zero-order chi connectivity index (χ0) is 18.1. The van der Waals surface area contributed by atoms with Crippen LogP contribution in [0.5, 0.6) is 0 Å². The predicted molar refractivity (Wildman–Crippen MR) is 106 cm³/mol. The Morgan fingerprint density at radius 3 is 2.92 bits per heavy atom. The van der Waals surface area contributed by atoms with Gasteiger partial charge in [-0.2, -0.15) is 0 Å². The van der Waals surface area contributed by atoms with Crippen molar-refractivity contribution in [3.05, 3.63) is 58.6 Å². The second kappa shape index (κ2) is 6.76. The van der Waals surface area contributed by atoms with E-state index in [0.29, 0.717) is 0 Å². The third-order valence-electron chi connectivity index (χ3n) is 5.43. The zero-order valence-electron chi connectivity index (χ0n) is 15.1. The molecule has 1 saturated carbocycles. The summed E-state index contributed by atoms with van der Waals surface area (Å²) < 4.78 is 0. The minimum absolute atomic E-state index is 0.0361. The summed E-state index contributed by atoms with van der Waals surface area (Å²) in [7, 11) is 1.79. The third kappa shape index (κ3) is 2.88. The molecule has 1 aromatic rings. The minimum atomic E-state index is -0.0361. The van der Waals surface area contributed by atoms with E-state index >= 15 is 0 Å². The van der Waals surface area contributed by atoms with Gasteiger partial charge in [0.1, 0.15) is 5.84 Å². The van der Waals surface area contributed by atoms with Crippen LogP contribution in [-0.2, 0) is 0 Å². The summed E-state index contributed by atoms with van der Waals surface area (Å²) >= 11 is 1.53. The molecule has 2 fully saturated rings. The van der Waals surface area contributed by atoms with Gasteiger partial charge >= 0.3 is 0 Å². The first-order valence-corrected chi connectivity index (χ1v) is 9.94. The lowest BCUT2D eigenvalue weighted by molar-refractivity contribution is 0.0657. The van der Waals surface area contributed by atoms with Gasteiger partial charge in [0, 0.05) is 44.2 Å². The number of amides is 1. The lowest BCUT2D eigenvalue weighted by Gasteiger charge is -2.33. The van der Waals surface area contributed by atoms with Crippen LogP contribution >= 0.6 is 11.3 Å². The van der Waals surface area contributed by atoms with Gasteiger partial charge in [-0.25, -0.2) is 0 Å². The number of hydrogen-bond acceptors (Lipinski definition) is 4. The molecular formula is C20H24N4OS. The maximum atomic E-state index is 13.0. The number of thiophene rings is 1. The molecule has 0 bridgehead atoms. The molecule has 1 N–H and O–H groups in total. The first-order chi connectivity index (χ1) is 12.7. The van der Waals surface area contributed by atoms with Crippen LogP contribution in [0.4, 0.5) is 0 Å². The highest BCUT2D eigenvalue weighted by atomic mass is 32.1. The van der Waals surface area contributed by atoms with E-state index in [0.717, 1.165) is 60.9 Å². The average Bonchev–Trinajstić information content (AvgIpc) is 3.08. The van der Waals surface area contributed by atoms with E-state index in [2.05, 4.69) is 32.8 Å². The topological polar surface area (TPSA) is 47.9 Å². The molecule has 6 heteroatoms. The summed E-state index contributed by atoms with van der Waals surface area (Å²) in [6.07, 6.45) is 8.99. The van der Waals surface area contributed by atoms with Gasteiger partial charge in [0.15, 0.2) is 0 Å². The molecule has 1 amide bonds. The highest BCUT2D eigenvalue weighted by molar-refractivity contribution is 7.12. The predicted octanol–water partition coefficient (Wildman–Crippen LogP) is 3.01. The Balaban J connectivity index is 1.62. The third-order valence-corrected chi connectivity index (χ3v) is 6.29. The molecule has 1 spiro atoms. The van der Waals surface area contributed by atoms with Crippen molar-refractivity contribution >= 4 is 23.1 Å². The fourth-order valence-corrected chi connectivity index (χ4v) is 4.64. The normalized spacial score (nSPS) is 24.6. The van der Waals surface area contributed by atoms with E-state index < -0.39 is 0 Å². The standard InChI is InChI=1S/C20H24N4OS/c1-3-16(15-7-10-22-18(15)21-2)23-11-5-12-24(20(14-23)8-9-20)19(25)17-6-4-13-26-17/h3-4,6-7,10,13H,1,5,8-9,11-12,14H2,2H3,(H,21,22)/b16-15+. The molecule has 0 radical (unpaired) electrons. The van der Waals surface area contributed by atoms with Crippen LogP contribution in [0.2, 0.25) is 0 Å². The fourth-order valence-electron chi connectivity index (χ4n) is 3.97.